The van der Waals surface area contributed by atoms with E-state index in [2.05, 4.69) is 6.92 Å². The number of methoxy groups -OCH3 is 2. The molecule has 0 fully saturated rings. The van der Waals surface area contributed by atoms with Gasteiger partial charge in [0.1, 0.15) is 19.3 Å². The van der Waals surface area contributed by atoms with E-state index < -0.39 is 11.8 Å². The van der Waals surface area contributed by atoms with E-state index in [4.69, 9.17) is 14.2 Å². The van der Waals surface area contributed by atoms with Crippen molar-refractivity contribution in [1.82, 2.24) is 4.90 Å². The number of aromatic nitrogens is 1. The van der Waals surface area contributed by atoms with Crippen molar-refractivity contribution in [2.45, 2.75) is 90.5 Å². The van der Waals surface area contributed by atoms with E-state index in [0.29, 0.717) is 35.0 Å². The van der Waals surface area contributed by atoms with E-state index in [1.54, 1.807) is 49.6 Å². The number of ether oxygens (including phenoxy) is 3. The van der Waals surface area contributed by atoms with Crippen molar-refractivity contribution >= 4 is 11.8 Å². The second kappa shape index (κ2) is 21.6. The predicted octanol–water partition coefficient (Wildman–Crippen LogP) is 5.10. The number of carbonyl (C=O) groups is 2. The largest absolute Gasteiger partial charge is 1.00 e. The molecule has 0 saturated heterocycles. The van der Waals surface area contributed by atoms with Crippen molar-refractivity contribution in [3.63, 3.8) is 0 Å². The van der Waals surface area contributed by atoms with Gasteiger partial charge in [0, 0.05) is 17.7 Å². The van der Waals surface area contributed by atoms with Crippen molar-refractivity contribution < 1.29 is 52.3 Å². The SMILES string of the molecule is CCCCCCCCCCCCCCOc1cc(C(=O)N(Cc2cccc[n+]2C)C(=O)c2ccccc2OC)ccc1OC.[I-]. The molecular weight excluding hydrogens is 679 g/mol. The molecule has 0 aliphatic heterocycles. The second-order valence-electron chi connectivity index (χ2n) is 11.3. The molecule has 1 heterocycles. The number of rotatable bonds is 20. The number of amides is 2. The highest BCUT2D eigenvalue weighted by molar-refractivity contribution is 6.11. The number of nitrogens with zero attached hydrogens (tertiary/aromatic N) is 2. The Hall–Kier alpha value is -3.14. The van der Waals surface area contributed by atoms with E-state index >= 15 is 0 Å². The Balaban J connectivity index is 0.00000705. The number of imide groups is 1. The maximum atomic E-state index is 14.0. The Morgan fingerprint density at radius 2 is 1.29 bits per heavy atom. The molecule has 0 aliphatic carbocycles. The van der Waals surface area contributed by atoms with E-state index in [1.807, 2.05) is 36.0 Å². The van der Waals surface area contributed by atoms with Crippen LogP contribution in [0.2, 0.25) is 0 Å². The van der Waals surface area contributed by atoms with Gasteiger partial charge in [-0.2, -0.15) is 0 Å². The van der Waals surface area contributed by atoms with Crippen LogP contribution in [0.5, 0.6) is 17.2 Å². The normalized spacial score (nSPS) is 10.6. The summed E-state index contributed by atoms with van der Waals surface area (Å²) in [5, 5.41) is 0. The minimum Gasteiger partial charge on any atom is -1.00 e. The van der Waals surface area contributed by atoms with Crippen molar-refractivity contribution in [1.29, 1.82) is 0 Å². The molecule has 0 saturated carbocycles. The Morgan fingerprint density at radius 3 is 1.91 bits per heavy atom. The lowest BCUT2D eigenvalue weighted by Crippen LogP contribution is -3.00. The van der Waals surface area contributed by atoms with Crippen LogP contribution >= 0.6 is 0 Å². The van der Waals surface area contributed by atoms with Crippen LogP contribution in [-0.2, 0) is 13.6 Å². The quantitative estimate of drug-likeness (QED) is 0.0702. The fourth-order valence-corrected chi connectivity index (χ4v) is 5.29. The Morgan fingerprint density at radius 1 is 0.689 bits per heavy atom. The third kappa shape index (κ3) is 12.3. The van der Waals surface area contributed by atoms with Gasteiger partial charge in [-0.15, -0.1) is 0 Å². The van der Waals surface area contributed by atoms with Gasteiger partial charge in [0.05, 0.1) is 26.4 Å². The van der Waals surface area contributed by atoms with Gasteiger partial charge >= 0.3 is 0 Å². The lowest BCUT2D eigenvalue weighted by molar-refractivity contribution is -0.679. The number of benzene rings is 2. The number of hydrogen-bond acceptors (Lipinski definition) is 5. The van der Waals surface area contributed by atoms with Crippen LogP contribution in [0, 0.1) is 0 Å². The first-order valence-electron chi connectivity index (χ1n) is 16.2. The first-order valence-corrected chi connectivity index (χ1v) is 16.2. The molecule has 45 heavy (non-hydrogen) atoms. The summed E-state index contributed by atoms with van der Waals surface area (Å²) in [4.78, 5) is 29.1. The minimum absolute atomic E-state index is 0. The molecule has 0 spiro atoms. The lowest BCUT2D eigenvalue weighted by atomic mass is 10.1. The molecule has 1 aromatic heterocycles. The average Bonchev–Trinajstić information content (AvgIpc) is 3.05. The summed E-state index contributed by atoms with van der Waals surface area (Å²) in [7, 11) is 4.99. The van der Waals surface area contributed by atoms with E-state index in [0.717, 1.165) is 18.5 Å². The molecule has 0 radical (unpaired) electrons. The number of pyridine rings is 1. The molecule has 0 unspecified atom stereocenters. The van der Waals surface area contributed by atoms with Gasteiger partial charge in [0.15, 0.2) is 17.7 Å². The fourth-order valence-electron chi connectivity index (χ4n) is 5.29. The van der Waals surface area contributed by atoms with Crippen LogP contribution in [-0.4, -0.2) is 37.5 Å². The molecule has 8 heteroatoms. The van der Waals surface area contributed by atoms with Gasteiger partial charge in [-0.05, 0) is 36.8 Å². The van der Waals surface area contributed by atoms with Gasteiger partial charge in [0.25, 0.3) is 11.8 Å². The number of hydrogen-bond donors (Lipinski definition) is 0. The highest BCUT2D eigenvalue weighted by atomic mass is 127. The summed E-state index contributed by atoms with van der Waals surface area (Å²) < 4.78 is 19.0. The number of aryl methyl sites for hydroxylation is 1. The Kier molecular flexibility index (Phi) is 18.2. The van der Waals surface area contributed by atoms with E-state index in [-0.39, 0.29) is 30.5 Å². The average molecular weight is 731 g/mol. The van der Waals surface area contributed by atoms with Crippen molar-refractivity contribution in [3.8, 4) is 17.2 Å². The zero-order chi connectivity index (χ0) is 31.6. The van der Waals surface area contributed by atoms with Crippen LogP contribution in [0.1, 0.15) is 110 Å². The zero-order valence-electron chi connectivity index (χ0n) is 27.6. The van der Waals surface area contributed by atoms with Gasteiger partial charge in [-0.25, -0.2) is 4.57 Å². The van der Waals surface area contributed by atoms with Crippen LogP contribution < -0.4 is 42.8 Å². The third-order valence-electron chi connectivity index (χ3n) is 7.98. The zero-order valence-corrected chi connectivity index (χ0v) is 29.7. The van der Waals surface area contributed by atoms with Gasteiger partial charge in [-0.3, -0.25) is 14.5 Å². The molecule has 2 aromatic carbocycles. The van der Waals surface area contributed by atoms with Crippen molar-refractivity contribution in [3.05, 3.63) is 83.7 Å². The number of unbranched alkanes of at least 4 members (excludes halogenated alkanes) is 11. The molecule has 0 atom stereocenters. The van der Waals surface area contributed by atoms with Crippen molar-refractivity contribution in [2.75, 3.05) is 20.8 Å². The molecule has 0 N–H and O–H groups in total. The second-order valence-corrected chi connectivity index (χ2v) is 11.3. The molecule has 7 nitrogen and oxygen atoms in total. The highest BCUT2D eigenvalue weighted by Crippen LogP contribution is 2.30. The number of para-hydroxylation sites is 1. The summed E-state index contributed by atoms with van der Waals surface area (Å²) in [5.74, 6) is 0.594. The van der Waals surface area contributed by atoms with Gasteiger partial charge in [0.2, 0.25) is 5.69 Å². The molecule has 3 aromatic rings. The number of halogens is 1. The van der Waals surface area contributed by atoms with Crippen molar-refractivity contribution in [2.24, 2.45) is 7.05 Å². The van der Waals surface area contributed by atoms with Gasteiger partial charge < -0.3 is 38.2 Å². The maximum Gasteiger partial charge on any atom is 0.265 e. The fraction of sp³-hybridized carbons (Fsp3) is 0.486. The molecule has 2 amide bonds. The Labute approximate surface area is 287 Å². The lowest BCUT2D eigenvalue weighted by Gasteiger charge is -2.22. The summed E-state index contributed by atoms with van der Waals surface area (Å²) in [6.45, 7) is 2.89. The monoisotopic (exact) mass is 730 g/mol. The summed E-state index contributed by atoms with van der Waals surface area (Å²) >= 11 is 0. The molecule has 3 rings (SSSR count). The van der Waals surface area contributed by atoms with Crippen LogP contribution in [0.3, 0.4) is 0 Å². The van der Waals surface area contributed by atoms with Crippen LogP contribution in [0.25, 0.3) is 0 Å². The van der Waals surface area contributed by atoms with Crippen LogP contribution in [0.4, 0.5) is 0 Å². The van der Waals surface area contributed by atoms with E-state index in [9.17, 15) is 9.59 Å². The topological polar surface area (TPSA) is 69.0 Å². The molecule has 0 aliphatic rings. The standard InChI is InChI=1S/C37H51N2O5.HI/c1-5-6-7-8-9-10-11-12-13-14-15-20-27-44-35-28-30(24-25-34(35)43-4)36(40)39(29-31-21-18-19-26-38(31)2)37(41)32-22-16-17-23-33(32)42-3;/h16-19,21-26,28H,5-15,20,27,29H2,1-4H3;1H/q+1;/p-1. The molecule has 246 valence electrons. The van der Waals surface area contributed by atoms with Gasteiger partial charge in [-0.1, -0.05) is 95.8 Å². The minimum atomic E-state index is -0.439. The maximum absolute atomic E-state index is 14.0. The van der Waals surface area contributed by atoms with E-state index in [1.165, 1.54) is 76.2 Å². The molecular formula is C37H51IN2O5. The Bertz CT molecular complexity index is 1320. The smallest absolute Gasteiger partial charge is 0.265 e. The first kappa shape index (κ1) is 38.0. The number of carbonyl (C=O) groups excluding carboxylic acids is 2. The first-order chi connectivity index (χ1) is 21.5. The summed E-state index contributed by atoms with van der Waals surface area (Å²) in [6.07, 6.45) is 17.2. The molecule has 0 bridgehead atoms. The van der Waals surface area contributed by atoms with Crippen LogP contribution in [0.15, 0.2) is 66.9 Å². The predicted molar refractivity (Wildman–Crippen MR) is 174 cm³/mol. The summed E-state index contributed by atoms with van der Waals surface area (Å²) in [5.41, 5.74) is 1.47. The summed E-state index contributed by atoms with van der Waals surface area (Å²) in [6, 6.07) is 17.7. The highest BCUT2D eigenvalue weighted by Gasteiger charge is 2.29. The third-order valence-corrected chi connectivity index (χ3v) is 7.98.